The molecule has 1 aliphatic rings. The van der Waals surface area contributed by atoms with Crippen molar-refractivity contribution in [2.45, 2.75) is 88.8 Å². The zero-order valence-corrected chi connectivity index (χ0v) is 23.0. The monoisotopic (exact) mass is 622 g/mol. The third-order valence-electron chi connectivity index (χ3n) is 7.35. The van der Waals surface area contributed by atoms with E-state index < -0.39 is 86.7 Å². The van der Waals surface area contributed by atoms with E-state index in [-0.39, 0.29) is 24.4 Å². The van der Waals surface area contributed by atoms with Crippen molar-refractivity contribution in [3.05, 3.63) is 47.5 Å². The standard InChI is InChI=1S/C27H30F8N6O2/c1-15(36-21(42)6-10-26(30,31)32)17-2-3-18-20(14-17)38-23(37-18)22(16-4-8-25(28,29)9-5-16)39-24(43)19-7-12-41(40-19)13-11-27(33,34)35/h2-3,7,12,14-16,22H,4-6,8-11,13H2,1H3,(H,36,42)(H,37,38)(H,39,43)/t15-,22+/m1/s1. The molecule has 2 aromatic heterocycles. The molecule has 2 atom stereocenters. The topological polar surface area (TPSA) is 105 Å². The molecule has 0 radical (unpaired) electrons. The minimum absolute atomic E-state index is 0.0707. The molecule has 0 aliphatic heterocycles. The Morgan fingerprint density at radius 2 is 1.72 bits per heavy atom. The highest BCUT2D eigenvalue weighted by atomic mass is 19.4. The summed E-state index contributed by atoms with van der Waals surface area (Å²) >= 11 is 0. The van der Waals surface area contributed by atoms with Gasteiger partial charge in [0.25, 0.3) is 5.91 Å². The molecule has 3 N–H and O–H groups in total. The van der Waals surface area contributed by atoms with Crippen molar-refractivity contribution >= 4 is 22.8 Å². The molecule has 1 fully saturated rings. The number of carbonyl (C=O) groups excluding carboxylic acids is 2. The molecule has 16 heteroatoms. The SMILES string of the molecule is C[C@@H](NC(=O)CCC(F)(F)F)c1ccc2nc([C@@H](NC(=O)c3ccn(CCC(F)(F)F)n3)C3CCC(F)(F)CC3)[nH]c2c1. The lowest BCUT2D eigenvalue weighted by Crippen LogP contribution is -2.38. The Morgan fingerprint density at radius 1 is 1.05 bits per heavy atom. The Kier molecular flexibility index (Phi) is 9.35. The fraction of sp³-hybridized carbons (Fsp3) is 0.556. The number of hydrogen-bond donors (Lipinski definition) is 3. The fourth-order valence-corrected chi connectivity index (χ4v) is 4.98. The van der Waals surface area contributed by atoms with E-state index in [9.17, 15) is 44.7 Å². The van der Waals surface area contributed by atoms with Gasteiger partial charge in [0.2, 0.25) is 11.8 Å². The first-order valence-electron chi connectivity index (χ1n) is 13.6. The number of H-pyrrole nitrogens is 1. The number of fused-ring (bicyclic) bond motifs is 1. The Balaban J connectivity index is 1.53. The Bertz CT molecular complexity index is 1420. The number of amides is 2. The fourth-order valence-electron chi connectivity index (χ4n) is 4.98. The van der Waals surface area contributed by atoms with Crippen LogP contribution in [-0.2, 0) is 11.3 Å². The summed E-state index contributed by atoms with van der Waals surface area (Å²) in [6, 6.07) is 4.63. The summed E-state index contributed by atoms with van der Waals surface area (Å²) < 4.78 is 104. The van der Waals surface area contributed by atoms with Gasteiger partial charge in [-0.05, 0) is 49.4 Å². The second-order valence-electron chi connectivity index (χ2n) is 10.8. The molecule has 236 valence electrons. The van der Waals surface area contributed by atoms with Gasteiger partial charge in [0.15, 0.2) is 0 Å². The van der Waals surface area contributed by atoms with Gasteiger partial charge in [0.05, 0.1) is 36.0 Å². The summed E-state index contributed by atoms with van der Waals surface area (Å²) in [6.07, 6.45) is -11.4. The molecule has 8 nitrogen and oxygen atoms in total. The van der Waals surface area contributed by atoms with Crippen LogP contribution in [0.3, 0.4) is 0 Å². The maximum Gasteiger partial charge on any atom is 0.390 e. The first-order chi connectivity index (χ1) is 20.0. The number of aromatic amines is 1. The number of benzene rings is 1. The molecule has 1 aliphatic carbocycles. The van der Waals surface area contributed by atoms with E-state index in [1.165, 1.54) is 12.3 Å². The van der Waals surface area contributed by atoms with Gasteiger partial charge < -0.3 is 15.6 Å². The van der Waals surface area contributed by atoms with Gasteiger partial charge in [-0.3, -0.25) is 14.3 Å². The average Bonchev–Trinajstić information content (AvgIpc) is 3.55. The molecule has 0 spiro atoms. The van der Waals surface area contributed by atoms with Crippen molar-refractivity contribution in [1.82, 2.24) is 30.4 Å². The highest BCUT2D eigenvalue weighted by molar-refractivity contribution is 5.92. The first kappa shape index (κ1) is 32.2. The number of nitrogens with one attached hydrogen (secondary N) is 3. The number of carbonyl (C=O) groups is 2. The lowest BCUT2D eigenvalue weighted by atomic mass is 9.81. The summed E-state index contributed by atoms with van der Waals surface area (Å²) in [5.41, 5.74) is 1.33. The predicted octanol–water partition coefficient (Wildman–Crippen LogP) is 6.53. The van der Waals surface area contributed by atoms with Crippen molar-refractivity contribution in [3.8, 4) is 0 Å². The maximum absolute atomic E-state index is 13.9. The Morgan fingerprint density at radius 3 is 2.37 bits per heavy atom. The minimum atomic E-state index is -4.46. The van der Waals surface area contributed by atoms with E-state index >= 15 is 0 Å². The van der Waals surface area contributed by atoms with E-state index in [1.807, 2.05) is 0 Å². The van der Waals surface area contributed by atoms with Crippen LogP contribution >= 0.6 is 0 Å². The van der Waals surface area contributed by atoms with E-state index in [2.05, 4.69) is 25.7 Å². The molecule has 0 unspecified atom stereocenters. The molecule has 1 aromatic carbocycles. The number of nitrogens with zero attached hydrogens (tertiary/aromatic N) is 3. The third kappa shape index (κ3) is 9.13. The number of halogens is 8. The third-order valence-corrected chi connectivity index (χ3v) is 7.35. The van der Waals surface area contributed by atoms with Gasteiger partial charge in [0, 0.05) is 32.0 Å². The highest BCUT2D eigenvalue weighted by Crippen LogP contribution is 2.41. The molecule has 3 aromatic rings. The van der Waals surface area contributed by atoms with Crippen molar-refractivity contribution in [2.75, 3.05) is 0 Å². The van der Waals surface area contributed by atoms with Crippen LogP contribution in [0, 0.1) is 5.92 Å². The van der Waals surface area contributed by atoms with Crippen molar-refractivity contribution in [3.63, 3.8) is 0 Å². The number of hydrogen-bond acceptors (Lipinski definition) is 4. The number of aromatic nitrogens is 4. The molecular formula is C27H30F8N6O2. The zero-order valence-electron chi connectivity index (χ0n) is 23.0. The summed E-state index contributed by atoms with van der Waals surface area (Å²) in [5, 5.41) is 9.18. The summed E-state index contributed by atoms with van der Waals surface area (Å²) in [5.74, 6) is -4.51. The lowest BCUT2D eigenvalue weighted by Gasteiger charge is -2.33. The van der Waals surface area contributed by atoms with Crippen LogP contribution in [0.5, 0.6) is 0 Å². The van der Waals surface area contributed by atoms with Crippen LogP contribution in [0.4, 0.5) is 35.1 Å². The molecule has 0 bridgehead atoms. The largest absolute Gasteiger partial charge is 0.390 e. The van der Waals surface area contributed by atoms with Crippen LogP contribution in [0.1, 0.15) is 85.8 Å². The molecule has 2 heterocycles. The van der Waals surface area contributed by atoms with Crippen molar-refractivity contribution in [2.24, 2.45) is 5.92 Å². The Hall–Kier alpha value is -3.72. The summed E-state index contributed by atoms with van der Waals surface area (Å²) in [6.45, 7) is 1.12. The van der Waals surface area contributed by atoms with Gasteiger partial charge >= 0.3 is 12.4 Å². The number of aryl methyl sites for hydroxylation is 1. The van der Waals surface area contributed by atoms with Gasteiger partial charge in [-0.2, -0.15) is 31.4 Å². The van der Waals surface area contributed by atoms with E-state index in [1.54, 1.807) is 25.1 Å². The van der Waals surface area contributed by atoms with Crippen LogP contribution in [-0.4, -0.2) is 49.8 Å². The summed E-state index contributed by atoms with van der Waals surface area (Å²) in [4.78, 5) is 32.7. The Labute approximate surface area is 240 Å². The molecule has 0 saturated heterocycles. The number of imidazole rings is 1. The van der Waals surface area contributed by atoms with E-state index in [0.29, 0.717) is 16.6 Å². The normalized spacial score (nSPS) is 17.5. The second kappa shape index (κ2) is 12.5. The van der Waals surface area contributed by atoms with Gasteiger partial charge in [0.1, 0.15) is 11.5 Å². The van der Waals surface area contributed by atoms with Gasteiger partial charge in [-0.1, -0.05) is 6.07 Å². The highest BCUT2D eigenvalue weighted by Gasteiger charge is 2.40. The molecule has 1 saturated carbocycles. The van der Waals surface area contributed by atoms with E-state index in [4.69, 9.17) is 0 Å². The zero-order chi connectivity index (χ0) is 31.6. The van der Waals surface area contributed by atoms with Gasteiger partial charge in [-0.15, -0.1) is 0 Å². The van der Waals surface area contributed by atoms with Crippen LogP contribution in [0.15, 0.2) is 30.5 Å². The molecular weight excluding hydrogens is 592 g/mol. The van der Waals surface area contributed by atoms with Crippen LogP contribution in [0.25, 0.3) is 11.0 Å². The van der Waals surface area contributed by atoms with Crippen molar-refractivity contribution < 1.29 is 44.7 Å². The van der Waals surface area contributed by atoms with Gasteiger partial charge in [-0.25, -0.2) is 13.8 Å². The maximum atomic E-state index is 13.9. The number of alkyl halides is 8. The lowest BCUT2D eigenvalue weighted by molar-refractivity contribution is -0.144. The second-order valence-corrected chi connectivity index (χ2v) is 10.8. The smallest absolute Gasteiger partial charge is 0.350 e. The van der Waals surface area contributed by atoms with E-state index in [0.717, 1.165) is 4.68 Å². The minimum Gasteiger partial charge on any atom is -0.350 e. The quantitative estimate of drug-likeness (QED) is 0.224. The predicted molar refractivity (Wildman–Crippen MR) is 138 cm³/mol. The molecule has 43 heavy (non-hydrogen) atoms. The first-order valence-corrected chi connectivity index (χ1v) is 13.6. The van der Waals surface area contributed by atoms with Crippen LogP contribution < -0.4 is 10.6 Å². The molecule has 4 rings (SSSR count). The van der Waals surface area contributed by atoms with Crippen molar-refractivity contribution in [1.29, 1.82) is 0 Å². The summed E-state index contributed by atoms with van der Waals surface area (Å²) in [7, 11) is 0. The average molecular weight is 623 g/mol. The number of rotatable bonds is 10. The molecule has 2 amide bonds. The van der Waals surface area contributed by atoms with Crippen LogP contribution in [0.2, 0.25) is 0 Å².